The van der Waals surface area contributed by atoms with E-state index in [9.17, 15) is 9.90 Å². The molecule has 3 unspecified atom stereocenters. The lowest BCUT2D eigenvalue weighted by molar-refractivity contribution is -0.159. The van der Waals surface area contributed by atoms with Crippen LogP contribution in [-0.4, -0.2) is 35.0 Å². The van der Waals surface area contributed by atoms with Crippen LogP contribution in [0, 0.1) is 5.92 Å². The highest BCUT2D eigenvalue weighted by Crippen LogP contribution is 2.26. The molecule has 4 nitrogen and oxygen atoms in total. The third-order valence-corrected chi connectivity index (χ3v) is 2.86. The van der Waals surface area contributed by atoms with E-state index >= 15 is 0 Å². The zero-order chi connectivity index (χ0) is 11.3. The highest BCUT2D eigenvalue weighted by atomic mass is 16.6. The molecule has 0 aromatic carbocycles. The molecular weight excluding hydrogens is 196 g/mol. The quantitative estimate of drug-likeness (QED) is 0.684. The van der Waals surface area contributed by atoms with Crippen molar-refractivity contribution in [1.82, 2.24) is 0 Å². The van der Waals surface area contributed by atoms with E-state index in [1.807, 2.05) is 6.92 Å². The minimum absolute atomic E-state index is 0.104. The van der Waals surface area contributed by atoms with Crippen LogP contribution in [0.4, 0.5) is 0 Å². The monoisotopic (exact) mass is 216 g/mol. The molecule has 0 aliphatic heterocycles. The molecule has 1 aliphatic rings. The number of aliphatic hydroxyl groups is 2. The van der Waals surface area contributed by atoms with E-state index in [1.165, 1.54) is 0 Å². The van der Waals surface area contributed by atoms with Gasteiger partial charge in [0, 0.05) is 13.0 Å². The standard InChI is InChI=1S/C11H20O4/c1-2-3-11(14)15-10-5-4-8(7-12)6-9(10)13/h8-10,12-13H,2-7H2,1H3. The second-order valence-corrected chi connectivity index (χ2v) is 4.21. The summed E-state index contributed by atoms with van der Waals surface area (Å²) in [4.78, 5) is 11.2. The predicted octanol–water partition coefficient (Wildman–Crippen LogP) is 0.852. The van der Waals surface area contributed by atoms with E-state index in [0.717, 1.165) is 12.8 Å². The van der Waals surface area contributed by atoms with E-state index in [-0.39, 0.29) is 24.6 Å². The van der Waals surface area contributed by atoms with Gasteiger partial charge in [0.2, 0.25) is 0 Å². The number of carbonyl (C=O) groups excluding carboxylic acids is 1. The van der Waals surface area contributed by atoms with Crippen LogP contribution in [0.5, 0.6) is 0 Å². The van der Waals surface area contributed by atoms with Gasteiger partial charge in [-0.1, -0.05) is 6.92 Å². The Morgan fingerprint density at radius 2 is 2.20 bits per heavy atom. The summed E-state index contributed by atoms with van der Waals surface area (Å²) in [6.45, 7) is 2.02. The fraction of sp³-hybridized carbons (Fsp3) is 0.909. The van der Waals surface area contributed by atoms with Crippen molar-refractivity contribution < 1.29 is 19.7 Å². The summed E-state index contributed by atoms with van der Waals surface area (Å²) in [7, 11) is 0. The van der Waals surface area contributed by atoms with Gasteiger partial charge in [0.25, 0.3) is 0 Å². The molecular formula is C11H20O4. The van der Waals surface area contributed by atoms with Crippen molar-refractivity contribution in [3.63, 3.8) is 0 Å². The van der Waals surface area contributed by atoms with Crippen LogP contribution < -0.4 is 0 Å². The number of hydrogen-bond acceptors (Lipinski definition) is 4. The molecule has 3 atom stereocenters. The molecule has 0 aromatic rings. The van der Waals surface area contributed by atoms with Crippen LogP contribution in [0.2, 0.25) is 0 Å². The van der Waals surface area contributed by atoms with Gasteiger partial charge >= 0.3 is 5.97 Å². The van der Waals surface area contributed by atoms with Gasteiger partial charge in [-0.2, -0.15) is 0 Å². The number of hydrogen-bond donors (Lipinski definition) is 2. The van der Waals surface area contributed by atoms with Crippen molar-refractivity contribution in [2.45, 2.75) is 51.2 Å². The minimum atomic E-state index is -0.614. The molecule has 0 radical (unpaired) electrons. The summed E-state index contributed by atoms with van der Waals surface area (Å²) >= 11 is 0. The predicted molar refractivity (Wildman–Crippen MR) is 55.2 cm³/mol. The first-order chi connectivity index (χ1) is 7.17. The second-order valence-electron chi connectivity index (χ2n) is 4.21. The Labute approximate surface area is 90.2 Å². The number of ether oxygens (including phenoxy) is 1. The van der Waals surface area contributed by atoms with Crippen LogP contribution >= 0.6 is 0 Å². The first-order valence-corrected chi connectivity index (χ1v) is 5.65. The summed E-state index contributed by atoms with van der Waals surface area (Å²) in [6.07, 6.45) is 2.19. The second kappa shape index (κ2) is 6.08. The largest absolute Gasteiger partial charge is 0.460 e. The topological polar surface area (TPSA) is 66.8 Å². The highest BCUT2D eigenvalue weighted by molar-refractivity contribution is 5.69. The lowest BCUT2D eigenvalue weighted by Gasteiger charge is -2.31. The molecule has 0 amide bonds. The van der Waals surface area contributed by atoms with E-state index < -0.39 is 6.10 Å². The van der Waals surface area contributed by atoms with Crippen LogP contribution in [-0.2, 0) is 9.53 Å². The molecule has 88 valence electrons. The molecule has 0 spiro atoms. The Hall–Kier alpha value is -0.610. The molecule has 1 saturated carbocycles. The van der Waals surface area contributed by atoms with Gasteiger partial charge in [-0.15, -0.1) is 0 Å². The zero-order valence-electron chi connectivity index (χ0n) is 9.19. The van der Waals surface area contributed by atoms with Gasteiger partial charge in [-0.3, -0.25) is 4.79 Å². The Kier molecular flexibility index (Phi) is 5.05. The van der Waals surface area contributed by atoms with E-state index in [2.05, 4.69) is 0 Å². The van der Waals surface area contributed by atoms with Crippen LogP contribution in [0.3, 0.4) is 0 Å². The van der Waals surface area contributed by atoms with Crippen molar-refractivity contribution >= 4 is 5.97 Å². The molecule has 0 saturated heterocycles. The molecule has 2 N–H and O–H groups in total. The maximum Gasteiger partial charge on any atom is 0.306 e. The molecule has 1 fully saturated rings. The summed E-state index contributed by atoms with van der Waals surface area (Å²) < 4.78 is 5.17. The zero-order valence-corrected chi connectivity index (χ0v) is 9.19. The number of aliphatic hydroxyl groups excluding tert-OH is 2. The van der Waals surface area contributed by atoms with Crippen molar-refractivity contribution in [2.75, 3.05) is 6.61 Å². The van der Waals surface area contributed by atoms with Crippen molar-refractivity contribution in [3.05, 3.63) is 0 Å². The fourth-order valence-corrected chi connectivity index (χ4v) is 1.94. The van der Waals surface area contributed by atoms with Gasteiger partial charge in [0.05, 0.1) is 6.10 Å². The Balaban J connectivity index is 2.34. The van der Waals surface area contributed by atoms with Crippen molar-refractivity contribution in [1.29, 1.82) is 0 Å². The van der Waals surface area contributed by atoms with Crippen molar-refractivity contribution in [3.8, 4) is 0 Å². The van der Waals surface area contributed by atoms with Gasteiger partial charge in [-0.05, 0) is 31.6 Å². The third-order valence-electron chi connectivity index (χ3n) is 2.86. The van der Waals surface area contributed by atoms with Crippen LogP contribution in [0.25, 0.3) is 0 Å². The normalized spacial score (nSPS) is 31.3. The van der Waals surface area contributed by atoms with Gasteiger partial charge in [0.15, 0.2) is 0 Å². The summed E-state index contributed by atoms with van der Waals surface area (Å²) in [5.41, 5.74) is 0. The first-order valence-electron chi connectivity index (χ1n) is 5.65. The average Bonchev–Trinajstić information content (AvgIpc) is 2.21. The lowest BCUT2D eigenvalue weighted by atomic mass is 9.86. The highest BCUT2D eigenvalue weighted by Gasteiger charge is 2.31. The molecule has 1 rings (SSSR count). The number of esters is 1. The molecule has 1 aliphatic carbocycles. The molecule has 4 heteroatoms. The third kappa shape index (κ3) is 3.80. The molecule has 0 bridgehead atoms. The molecule has 15 heavy (non-hydrogen) atoms. The SMILES string of the molecule is CCCC(=O)OC1CCC(CO)CC1O. The first kappa shape index (κ1) is 12.5. The van der Waals surface area contributed by atoms with E-state index in [1.54, 1.807) is 0 Å². The van der Waals surface area contributed by atoms with Gasteiger partial charge in [0.1, 0.15) is 6.10 Å². The van der Waals surface area contributed by atoms with Crippen LogP contribution in [0.15, 0.2) is 0 Å². The summed E-state index contributed by atoms with van der Waals surface area (Å²) in [5, 5.41) is 18.6. The van der Waals surface area contributed by atoms with E-state index in [0.29, 0.717) is 19.3 Å². The van der Waals surface area contributed by atoms with E-state index in [4.69, 9.17) is 9.84 Å². The number of carbonyl (C=O) groups is 1. The summed E-state index contributed by atoms with van der Waals surface area (Å²) in [5.74, 6) is -0.0786. The maximum atomic E-state index is 11.2. The Morgan fingerprint density at radius 1 is 1.47 bits per heavy atom. The van der Waals surface area contributed by atoms with Crippen molar-refractivity contribution in [2.24, 2.45) is 5.92 Å². The Bertz CT molecular complexity index is 205. The van der Waals surface area contributed by atoms with Gasteiger partial charge < -0.3 is 14.9 Å². The maximum absolute atomic E-state index is 11.2. The smallest absolute Gasteiger partial charge is 0.306 e. The summed E-state index contributed by atoms with van der Waals surface area (Å²) in [6, 6.07) is 0. The van der Waals surface area contributed by atoms with Gasteiger partial charge in [-0.25, -0.2) is 0 Å². The van der Waals surface area contributed by atoms with Crippen LogP contribution in [0.1, 0.15) is 39.0 Å². The Morgan fingerprint density at radius 3 is 2.73 bits per heavy atom. The molecule has 0 aromatic heterocycles. The number of rotatable bonds is 4. The molecule has 0 heterocycles. The lowest BCUT2D eigenvalue weighted by Crippen LogP contribution is -2.38. The average molecular weight is 216 g/mol. The minimum Gasteiger partial charge on any atom is -0.460 e. The fourth-order valence-electron chi connectivity index (χ4n) is 1.94.